The number of hydrogen-bond donors (Lipinski definition) is 0. The average molecular weight is 202 g/mol. The van der Waals surface area contributed by atoms with E-state index in [0.29, 0.717) is 0 Å². The zero-order valence-electron chi connectivity index (χ0n) is 8.85. The second-order valence-electron chi connectivity index (χ2n) is 4.06. The van der Waals surface area contributed by atoms with Gasteiger partial charge in [-0.1, -0.05) is 0 Å². The van der Waals surface area contributed by atoms with Crippen molar-refractivity contribution in [2.75, 3.05) is 18.0 Å². The molecule has 2 aromatic heterocycles. The Morgan fingerprint density at radius 2 is 2.00 bits per heavy atom. The van der Waals surface area contributed by atoms with Gasteiger partial charge in [-0.25, -0.2) is 9.50 Å². The first kappa shape index (κ1) is 8.71. The molecule has 1 aliphatic heterocycles. The smallest absolute Gasteiger partial charge is 0.153 e. The van der Waals surface area contributed by atoms with E-state index in [4.69, 9.17) is 0 Å². The van der Waals surface area contributed by atoms with E-state index >= 15 is 0 Å². The Bertz CT molecular complexity index is 482. The predicted octanol–water partition coefficient (Wildman–Crippen LogP) is 1.64. The quantitative estimate of drug-likeness (QED) is 0.705. The molecule has 0 saturated carbocycles. The normalized spacial score (nSPS) is 16.5. The van der Waals surface area contributed by atoms with Crippen LogP contribution in [0.4, 0.5) is 5.82 Å². The lowest BCUT2D eigenvalue weighted by Gasteiger charge is -2.15. The van der Waals surface area contributed by atoms with E-state index in [0.717, 1.165) is 30.2 Å². The molecule has 3 rings (SSSR count). The molecular formula is C11H14N4. The van der Waals surface area contributed by atoms with Gasteiger partial charge in [-0.3, -0.25) is 0 Å². The van der Waals surface area contributed by atoms with Crippen molar-refractivity contribution < 1.29 is 0 Å². The van der Waals surface area contributed by atoms with Crippen molar-refractivity contribution >= 4 is 11.5 Å². The Morgan fingerprint density at radius 1 is 1.20 bits per heavy atom. The minimum absolute atomic E-state index is 0.926. The number of nitrogens with zero attached hydrogens (tertiary/aromatic N) is 4. The fourth-order valence-corrected chi connectivity index (χ4v) is 2.09. The van der Waals surface area contributed by atoms with Gasteiger partial charge in [0, 0.05) is 13.1 Å². The van der Waals surface area contributed by atoms with Gasteiger partial charge < -0.3 is 4.90 Å². The number of aromatic nitrogens is 3. The van der Waals surface area contributed by atoms with Crippen molar-refractivity contribution in [2.24, 2.45) is 0 Å². The third-order valence-electron chi connectivity index (χ3n) is 2.95. The molecule has 4 nitrogen and oxygen atoms in total. The lowest BCUT2D eigenvalue weighted by Crippen LogP contribution is -2.19. The van der Waals surface area contributed by atoms with E-state index in [2.05, 4.69) is 21.0 Å². The largest absolute Gasteiger partial charge is 0.355 e. The van der Waals surface area contributed by atoms with Crippen LogP contribution in [0.2, 0.25) is 0 Å². The highest BCUT2D eigenvalue weighted by Crippen LogP contribution is 2.18. The van der Waals surface area contributed by atoms with Crippen molar-refractivity contribution in [3.63, 3.8) is 0 Å². The molecule has 2 aromatic rings. The molecule has 78 valence electrons. The van der Waals surface area contributed by atoms with Crippen molar-refractivity contribution in [2.45, 2.75) is 19.8 Å². The van der Waals surface area contributed by atoms with Crippen molar-refractivity contribution in [3.8, 4) is 0 Å². The minimum atomic E-state index is 0.926. The summed E-state index contributed by atoms with van der Waals surface area (Å²) in [7, 11) is 0. The van der Waals surface area contributed by atoms with Gasteiger partial charge in [0.15, 0.2) is 5.65 Å². The number of rotatable bonds is 1. The first-order chi connectivity index (χ1) is 7.34. The summed E-state index contributed by atoms with van der Waals surface area (Å²) >= 11 is 0. The fourth-order valence-electron chi connectivity index (χ4n) is 2.09. The molecule has 0 aliphatic carbocycles. The Labute approximate surface area is 88.5 Å². The van der Waals surface area contributed by atoms with E-state index in [1.807, 2.05) is 23.7 Å². The molecule has 4 heteroatoms. The van der Waals surface area contributed by atoms with Crippen LogP contribution in [-0.4, -0.2) is 27.7 Å². The second kappa shape index (κ2) is 3.22. The standard InChI is InChI=1S/C11H14N4/c1-9-8-12-10-4-5-11(13-15(9)10)14-6-2-3-7-14/h4-5,8H,2-3,6-7H2,1H3. The van der Waals surface area contributed by atoms with Crippen molar-refractivity contribution in [1.82, 2.24) is 14.6 Å². The molecule has 1 fully saturated rings. The summed E-state index contributed by atoms with van der Waals surface area (Å²) < 4.78 is 1.91. The molecule has 1 saturated heterocycles. The number of aryl methyl sites for hydroxylation is 1. The van der Waals surface area contributed by atoms with Gasteiger partial charge in [-0.2, -0.15) is 0 Å². The van der Waals surface area contributed by atoms with Crippen molar-refractivity contribution in [3.05, 3.63) is 24.0 Å². The molecule has 0 radical (unpaired) electrons. The van der Waals surface area contributed by atoms with Gasteiger partial charge in [0.2, 0.25) is 0 Å². The van der Waals surface area contributed by atoms with Crippen LogP contribution in [-0.2, 0) is 0 Å². The third-order valence-corrected chi connectivity index (χ3v) is 2.95. The topological polar surface area (TPSA) is 33.4 Å². The Kier molecular flexibility index (Phi) is 1.87. The summed E-state index contributed by atoms with van der Waals surface area (Å²) in [5, 5.41) is 4.60. The molecule has 0 bridgehead atoms. The SMILES string of the molecule is Cc1cnc2ccc(N3CCCC3)nn12. The summed E-state index contributed by atoms with van der Waals surface area (Å²) in [6.45, 7) is 4.29. The molecule has 0 spiro atoms. The van der Waals surface area contributed by atoms with Gasteiger partial charge in [0.05, 0.1) is 11.9 Å². The molecular weight excluding hydrogens is 188 g/mol. The van der Waals surface area contributed by atoms with E-state index in [1.54, 1.807) is 0 Å². The lowest BCUT2D eigenvalue weighted by molar-refractivity contribution is 0.843. The summed E-state index contributed by atoms with van der Waals surface area (Å²) in [6.07, 6.45) is 4.42. The molecule has 0 N–H and O–H groups in total. The van der Waals surface area contributed by atoms with Gasteiger partial charge in [-0.05, 0) is 31.9 Å². The fraction of sp³-hybridized carbons (Fsp3) is 0.455. The number of fused-ring (bicyclic) bond motifs is 1. The first-order valence-electron chi connectivity index (χ1n) is 5.41. The van der Waals surface area contributed by atoms with Gasteiger partial charge in [0.1, 0.15) is 5.82 Å². The highest BCUT2D eigenvalue weighted by atomic mass is 15.3. The highest BCUT2D eigenvalue weighted by molar-refractivity contribution is 5.47. The second-order valence-corrected chi connectivity index (χ2v) is 4.06. The minimum Gasteiger partial charge on any atom is -0.355 e. The van der Waals surface area contributed by atoms with Crippen LogP contribution in [0, 0.1) is 6.92 Å². The molecule has 3 heterocycles. The lowest BCUT2D eigenvalue weighted by atomic mass is 10.4. The maximum atomic E-state index is 4.60. The van der Waals surface area contributed by atoms with Crippen LogP contribution in [0.1, 0.15) is 18.5 Å². The summed E-state index contributed by atoms with van der Waals surface area (Å²) in [4.78, 5) is 6.60. The van der Waals surface area contributed by atoms with E-state index in [-0.39, 0.29) is 0 Å². The molecule has 0 amide bonds. The van der Waals surface area contributed by atoms with Crippen LogP contribution in [0.15, 0.2) is 18.3 Å². The van der Waals surface area contributed by atoms with E-state index in [9.17, 15) is 0 Å². The van der Waals surface area contributed by atoms with Crippen molar-refractivity contribution in [1.29, 1.82) is 0 Å². The number of imidazole rings is 1. The van der Waals surface area contributed by atoms with Crippen LogP contribution in [0.25, 0.3) is 5.65 Å². The van der Waals surface area contributed by atoms with Gasteiger partial charge in [-0.15, -0.1) is 5.10 Å². The first-order valence-corrected chi connectivity index (χ1v) is 5.41. The maximum Gasteiger partial charge on any atom is 0.153 e. The highest BCUT2D eigenvalue weighted by Gasteiger charge is 2.14. The summed E-state index contributed by atoms with van der Waals surface area (Å²) in [5.74, 6) is 1.07. The van der Waals surface area contributed by atoms with Crippen LogP contribution in [0.3, 0.4) is 0 Å². The average Bonchev–Trinajstić information content (AvgIpc) is 2.88. The molecule has 1 aliphatic rings. The Balaban J connectivity index is 2.08. The number of hydrogen-bond acceptors (Lipinski definition) is 3. The van der Waals surface area contributed by atoms with E-state index < -0.39 is 0 Å². The van der Waals surface area contributed by atoms with E-state index in [1.165, 1.54) is 12.8 Å². The third kappa shape index (κ3) is 1.37. The molecule has 0 unspecified atom stereocenters. The van der Waals surface area contributed by atoms with Crippen LogP contribution < -0.4 is 4.90 Å². The predicted molar refractivity (Wildman–Crippen MR) is 59.2 cm³/mol. The van der Waals surface area contributed by atoms with Crippen LogP contribution >= 0.6 is 0 Å². The van der Waals surface area contributed by atoms with Gasteiger partial charge in [0.25, 0.3) is 0 Å². The number of anilines is 1. The summed E-state index contributed by atoms with van der Waals surface area (Å²) in [5.41, 5.74) is 2.02. The molecule has 0 aromatic carbocycles. The van der Waals surface area contributed by atoms with Gasteiger partial charge >= 0.3 is 0 Å². The molecule has 0 atom stereocenters. The van der Waals surface area contributed by atoms with Crippen LogP contribution in [0.5, 0.6) is 0 Å². The Hall–Kier alpha value is -1.58. The zero-order valence-corrected chi connectivity index (χ0v) is 8.85. The zero-order chi connectivity index (χ0) is 10.3. The summed E-state index contributed by atoms with van der Waals surface area (Å²) in [6, 6.07) is 4.10. The molecule has 15 heavy (non-hydrogen) atoms. The maximum absolute atomic E-state index is 4.60. The Morgan fingerprint density at radius 3 is 2.80 bits per heavy atom. The monoisotopic (exact) mass is 202 g/mol.